The van der Waals surface area contributed by atoms with E-state index < -0.39 is 6.04 Å². The SMILES string of the molecule is CCC(=O)N(Cc1ccc(Cl)cc1)[C@H](Cc1ccccc1)C(=O)NCc1ccc(OC)cc1. The number of hydrogen-bond acceptors (Lipinski definition) is 3. The van der Waals surface area contributed by atoms with E-state index >= 15 is 0 Å². The minimum Gasteiger partial charge on any atom is -0.497 e. The molecule has 0 spiro atoms. The van der Waals surface area contributed by atoms with Gasteiger partial charge in [0.1, 0.15) is 11.8 Å². The van der Waals surface area contributed by atoms with Crippen LogP contribution < -0.4 is 10.1 Å². The molecule has 0 unspecified atom stereocenters. The van der Waals surface area contributed by atoms with Gasteiger partial charge in [0.25, 0.3) is 0 Å². The number of nitrogens with one attached hydrogen (secondary N) is 1. The highest BCUT2D eigenvalue weighted by Gasteiger charge is 2.29. The summed E-state index contributed by atoms with van der Waals surface area (Å²) in [5, 5.41) is 3.65. The third kappa shape index (κ3) is 7.09. The molecule has 1 N–H and O–H groups in total. The second kappa shape index (κ2) is 12.1. The lowest BCUT2D eigenvalue weighted by Crippen LogP contribution is -2.50. The fourth-order valence-corrected chi connectivity index (χ4v) is 3.72. The Bertz CT molecular complexity index is 1040. The quantitative estimate of drug-likeness (QED) is 0.458. The summed E-state index contributed by atoms with van der Waals surface area (Å²) in [6.07, 6.45) is 0.735. The maximum absolute atomic E-state index is 13.4. The zero-order chi connectivity index (χ0) is 23.6. The van der Waals surface area contributed by atoms with Gasteiger partial charge in [-0.2, -0.15) is 0 Å². The minimum atomic E-state index is -0.645. The zero-order valence-electron chi connectivity index (χ0n) is 19.0. The molecule has 0 saturated carbocycles. The van der Waals surface area contributed by atoms with Gasteiger partial charge in [-0.05, 0) is 41.0 Å². The molecule has 0 aliphatic carbocycles. The summed E-state index contributed by atoms with van der Waals surface area (Å²) >= 11 is 6.02. The summed E-state index contributed by atoms with van der Waals surface area (Å²) in [5.41, 5.74) is 2.86. The molecule has 0 aromatic heterocycles. The van der Waals surface area contributed by atoms with Gasteiger partial charge in [0.05, 0.1) is 7.11 Å². The molecule has 2 amide bonds. The number of benzene rings is 3. The van der Waals surface area contributed by atoms with Crippen LogP contribution in [0.3, 0.4) is 0 Å². The van der Waals surface area contributed by atoms with Gasteiger partial charge in [-0.15, -0.1) is 0 Å². The van der Waals surface area contributed by atoms with Crippen LogP contribution in [0.15, 0.2) is 78.9 Å². The average Bonchev–Trinajstić information content (AvgIpc) is 2.86. The second-order valence-electron chi connectivity index (χ2n) is 7.77. The molecule has 33 heavy (non-hydrogen) atoms. The van der Waals surface area contributed by atoms with Crippen molar-refractivity contribution in [2.75, 3.05) is 7.11 Å². The van der Waals surface area contributed by atoms with Crippen LogP contribution in [0.5, 0.6) is 5.75 Å². The zero-order valence-corrected chi connectivity index (χ0v) is 19.7. The number of hydrogen-bond donors (Lipinski definition) is 1. The van der Waals surface area contributed by atoms with Crippen molar-refractivity contribution >= 4 is 23.4 Å². The lowest BCUT2D eigenvalue weighted by atomic mass is 10.0. The summed E-state index contributed by atoms with van der Waals surface area (Å²) in [6, 6.07) is 24.0. The van der Waals surface area contributed by atoms with Crippen LogP contribution in [0, 0.1) is 0 Å². The lowest BCUT2D eigenvalue weighted by Gasteiger charge is -2.31. The van der Waals surface area contributed by atoms with Gasteiger partial charge < -0.3 is 15.0 Å². The van der Waals surface area contributed by atoms with Crippen molar-refractivity contribution in [3.63, 3.8) is 0 Å². The van der Waals surface area contributed by atoms with E-state index in [1.165, 1.54) is 0 Å². The molecule has 0 radical (unpaired) electrons. The van der Waals surface area contributed by atoms with Gasteiger partial charge in [-0.3, -0.25) is 9.59 Å². The minimum absolute atomic E-state index is 0.0783. The van der Waals surface area contributed by atoms with E-state index in [9.17, 15) is 9.59 Å². The van der Waals surface area contributed by atoms with E-state index in [0.29, 0.717) is 31.0 Å². The third-order valence-corrected chi connectivity index (χ3v) is 5.72. The molecule has 0 bridgehead atoms. The van der Waals surface area contributed by atoms with E-state index in [0.717, 1.165) is 22.4 Å². The molecule has 0 heterocycles. The lowest BCUT2D eigenvalue weighted by molar-refractivity contribution is -0.141. The van der Waals surface area contributed by atoms with Crippen molar-refractivity contribution in [3.8, 4) is 5.75 Å². The third-order valence-electron chi connectivity index (χ3n) is 5.47. The Labute approximate surface area is 200 Å². The Morgan fingerprint density at radius 3 is 2.15 bits per heavy atom. The molecule has 0 aliphatic heterocycles. The van der Waals surface area contributed by atoms with Crippen LogP contribution in [0.25, 0.3) is 0 Å². The maximum atomic E-state index is 13.4. The summed E-state index contributed by atoms with van der Waals surface area (Å²) in [4.78, 5) is 28.0. The highest BCUT2D eigenvalue weighted by molar-refractivity contribution is 6.30. The summed E-state index contributed by atoms with van der Waals surface area (Å²) < 4.78 is 5.19. The smallest absolute Gasteiger partial charge is 0.243 e. The number of amides is 2. The van der Waals surface area contributed by atoms with Gasteiger partial charge in [0.2, 0.25) is 11.8 Å². The van der Waals surface area contributed by atoms with Gasteiger partial charge in [-0.25, -0.2) is 0 Å². The molecule has 0 fully saturated rings. The molecule has 1 atom stereocenters. The van der Waals surface area contributed by atoms with E-state index in [2.05, 4.69) is 5.32 Å². The molecule has 0 saturated heterocycles. The molecular formula is C27H29ClN2O3. The molecule has 6 heteroatoms. The average molecular weight is 465 g/mol. The number of halogens is 1. The highest BCUT2D eigenvalue weighted by Crippen LogP contribution is 2.18. The molecule has 5 nitrogen and oxygen atoms in total. The predicted octanol–water partition coefficient (Wildman–Crippen LogP) is 5.01. The van der Waals surface area contributed by atoms with Crippen LogP contribution in [0.4, 0.5) is 0 Å². The Morgan fingerprint density at radius 2 is 1.55 bits per heavy atom. The fraction of sp³-hybridized carbons (Fsp3) is 0.259. The molecule has 3 rings (SSSR count). The summed E-state index contributed by atoms with van der Waals surface area (Å²) in [5.74, 6) is 0.491. The van der Waals surface area contributed by atoms with Crippen molar-refractivity contribution in [3.05, 3.63) is 101 Å². The van der Waals surface area contributed by atoms with Gasteiger partial charge in [0, 0.05) is 31.0 Å². The number of carbonyl (C=O) groups is 2. The Morgan fingerprint density at radius 1 is 0.909 bits per heavy atom. The molecule has 172 valence electrons. The normalized spacial score (nSPS) is 11.5. The van der Waals surface area contributed by atoms with Crippen molar-refractivity contribution in [2.45, 2.75) is 38.9 Å². The predicted molar refractivity (Wildman–Crippen MR) is 131 cm³/mol. The maximum Gasteiger partial charge on any atom is 0.243 e. The Kier molecular flexibility index (Phi) is 8.90. The topological polar surface area (TPSA) is 58.6 Å². The van der Waals surface area contributed by atoms with E-state index in [1.54, 1.807) is 24.1 Å². The van der Waals surface area contributed by atoms with Crippen molar-refractivity contribution in [2.24, 2.45) is 0 Å². The van der Waals surface area contributed by atoms with Gasteiger partial charge >= 0.3 is 0 Å². The fourth-order valence-electron chi connectivity index (χ4n) is 3.59. The highest BCUT2D eigenvalue weighted by atomic mass is 35.5. The van der Waals surface area contributed by atoms with E-state index in [1.807, 2.05) is 73.7 Å². The van der Waals surface area contributed by atoms with Crippen LogP contribution >= 0.6 is 11.6 Å². The number of rotatable bonds is 10. The standard InChI is InChI=1S/C27H29ClN2O3/c1-3-26(31)30(19-22-9-13-23(28)14-10-22)25(17-20-7-5-4-6-8-20)27(32)29-18-21-11-15-24(33-2)16-12-21/h4-16,25H,3,17-19H2,1-2H3,(H,29,32)/t25-/m1/s1. The van der Waals surface area contributed by atoms with Crippen LogP contribution in [0.2, 0.25) is 5.02 Å². The first kappa shape index (κ1) is 24.3. The van der Waals surface area contributed by atoms with Crippen molar-refractivity contribution < 1.29 is 14.3 Å². The van der Waals surface area contributed by atoms with Crippen LogP contribution in [-0.2, 0) is 29.1 Å². The molecule has 3 aromatic rings. The first-order chi connectivity index (χ1) is 16.0. The van der Waals surface area contributed by atoms with Crippen LogP contribution in [-0.4, -0.2) is 29.9 Å². The van der Waals surface area contributed by atoms with E-state index in [-0.39, 0.29) is 11.8 Å². The molecule has 0 aliphatic rings. The van der Waals surface area contributed by atoms with Gasteiger partial charge in [0.15, 0.2) is 0 Å². The van der Waals surface area contributed by atoms with Crippen molar-refractivity contribution in [1.82, 2.24) is 10.2 Å². The van der Waals surface area contributed by atoms with Crippen LogP contribution in [0.1, 0.15) is 30.0 Å². The number of carbonyl (C=O) groups excluding carboxylic acids is 2. The number of methoxy groups -OCH3 is 1. The van der Waals surface area contributed by atoms with Crippen molar-refractivity contribution in [1.29, 1.82) is 0 Å². The van der Waals surface area contributed by atoms with E-state index in [4.69, 9.17) is 16.3 Å². The first-order valence-electron chi connectivity index (χ1n) is 11.0. The second-order valence-corrected chi connectivity index (χ2v) is 8.21. The van der Waals surface area contributed by atoms with Gasteiger partial charge in [-0.1, -0.05) is 73.1 Å². The monoisotopic (exact) mass is 464 g/mol. The first-order valence-corrected chi connectivity index (χ1v) is 11.4. The largest absolute Gasteiger partial charge is 0.497 e. The number of nitrogens with zero attached hydrogens (tertiary/aromatic N) is 1. The molecular weight excluding hydrogens is 436 g/mol. The summed E-state index contributed by atoms with van der Waals surface area (Å²) in [7, 11) is 1.62. The summed E-state index contributed by atoms with van der Waals surface area (Å²) in [6.45, 7) is 2.51. The molecule has 3 aromatic carbocycles. The number of ether oxygens (including phenoxy) is 1. The Hall–Kier alpha value is -3.31. The Balaban J connectivity index is 1.83.